The van der Waals surface area contributed by atoms with E-state index in [1.165, 1.54) is 18.2 Å². The average Bonchev–Trinajstić information content (AvgIpc) is 2.34. The summed E-state index contributed by atoms with van der Waals surface area (Å²) in [5.74, 6) is 0.236. The highest BCUT2D eigenvalue weighted by atomic mass is 16.6. The third kappa shape index (κ3) is 3.18. The molecular weight excluding hydrogens is 232 g/mol. The number of nitrogens with zero attached hydrogens (tertiary/aromatic N) is 2. The molecular formula is C12H16N4O2. The van der Waals surface area contributed by atoms with Gasteiger partial charge in [0, 0.05) is 18.7 Å². The fraction of sp³-hybridized carbons (Fsp3) is 0.417. The second-order valence-electron chi connectivity index (χ2n) is 4.33. The minimum Gasteiger partial charge on any atom is -0.375 e. The number of rotatable bonds is 5. The Kier molecular flexibility index (Phi) is 4.63. The Morgan fingerprint density at radius 2 is 2.22 bits per heavy atom. The number of nitro groups is 1. The molecule has 0 spiro atoms. The number of nitriles is 1. The summed E-state index contributed by atoms with van der Waals surface area (Å²) in [6, 6.07) is 6.12. The molecule has 96 valence electrons. The summed E-state index contributed by atoms with van der Waals surface area (Å²) >= 11 is 0. The van der Waals surface area contributed by atoms with Crippen LogP contribution in [0.2, 0.25) is 0 Å². The van der Waals surface area contributed by atoms with Crippen LogP contribution in [0, 0.1) is 27.4 Å². The summed E-state index contributed by atoms with van der Waals surface area (Å²) in [5.41, 5.74) is 6.29. The first-order chi connectivity index (χ1) is 8.49. The van der Waals surface area contributed by atoms with E-state index in [-0.39, 0.29) is 17.6 Å². The van der Waals surface area contributed by atoms with Crippen molar-refractivity contribution in [1.29, 1.82) is 5.26 Å². The summed E-state index contributed by atoms with van der Waals surface area (Å²) < 4.78 is 0. The number of hydrogen-bond acceptors (Lipinski definition) is 5. The maximum Gasteiger partial charge on any atom is 0.292 e. The third-order valence-electron chi connectivity index (χ3n) is 2.72. The van der Waals surface area contributed by atoms with E-state index in [1.807, 2.05) is 19.9 Å². The summed E-state index contributed by atoms with van der Waals surface area (Å²) in [6.07, 6.45) is 0. The monoisotopic (exact) mass is 248 g/mol. The summed E-state index contributed by atoms with van der Waals surface area (Å²) in [4.78, 5) is 10.4. The van der Waals surface area contributed by atoms with E-state index < -0.39 is 4.92 Å². The highest BCUT2D eigenvalue weighted by molar-refractivity contribution is 5.64. The highest BCUT2D eigenvalue weighted by Gasteiger charge is 2.18. The van der Waals surface area contributed by atoms with E-state index in [2.05, 4.69) is 5.32 Å². The molecule has 0 aromatic heterocycles. The lowest BCUT2D eigenvalue weighted by Crippen LogP contribution is -2.33. The smallest absolute Gasteiger partial charge is 0.292 e. The quantitative estimate of drug-likeness (QED) is 0.611. The number of nitrogens with two attached hydrogens (primary N) is 1. The van der Waals surface area contributed by atoms with E-state index in [4.69, 9.17) is 11.0 Å². The van der Waals surface area contributed by atoms with Gasteiger partial charge in [0.2, 0.25) is 0 Å². The summed E-state index contributed by atoms with van der Waals surface area (Å²) in [5, 5.41) is 22.8. The number of nitro benzene ring substituents is 1. The predicted molar refractivity (Wildman–Crippen MR) is 69.1 cm³/mol. The lowest BCUT2D eigenvalue weighted by Gasteiger charge is -2.21. The van der Waals surface area contributed by atoms with Crippen LogP contribution >= 0.6 is 0 Å². The largest absolute Gasteiger partial charge is 0.375 e. The van der Waals surface area contributed by atoms with E-state index in [0.717, 1.165) is 0 Å². The molecule has 1 rings (SSSR count). The Morgan fingerprint density at radius 1 is 1.56 bits per heavy atom. The second-order valence-corrected chi connectivity index (χ2v) is 4.33. The van der Waals surface area contributed by atoms with Crippen LogP contribution in [0.4, 0.5) is 11.4 Å². The van der Waals surface area contributed by atoms with Crippen LogP contribution in [0.25, 0.3) is 0 Å². The van der Waals surface area contributed by atoms with Crippen LogP contribution in [0.1, 0.15) is 19.4 Å². The molecule has 1 aromatic carbocycles. The molecule has 0 amide bonds. The standard InChI is InChI=1S/C12H16N4O2/c1-8(2)11(7-14)15-10-5-9(6-13)3-4-12(10)16(17)18/h3-5,8,11,15H,7,14H2,1-2H3. The summed E-state index contributed by atoms with van der Waals surface area (Å²) in [7, 11) is 0. The Balaban J connectivity index is 3.12. The Morgan fingerprint density at radius 3 is 2.67 bits per heavy atom. The zero-order chi connectivity index (χ0) is 13.7. The van der Waals surface area contributed by atoms with Gasteiger partial charge < -0.3 is 11.1 Å². The molecule has 0 saturated carbocycles. The number of hydrogen-bond donors (Lipinski definition) is 2. The van der Waals surface area contributed by atoms with Crippen molar-refractivity contribution in [3.05, 3.63) is 33.9 Å². The average molecular weight is 248 g/mol. The van der Waals surface area contributed by atoms with Gasteiger partial charge in [0.1, 0.15) is 5.69 Å². The van der Waals surface area contributed by atoms with Crippen LogP contribution in [-0.2, 0) is 0 Å². The van der Waals surface area contributed by atoms with E-state index in [0.29, 0.717) is 17.8 Å². The molecule has 0 aliphatic carbocycles. The van der Waals surface area contributed by atoms with Crippen molar-refractivity contribution in [2.24, 2.45) is 11.7 Å². The third-order valence-corrected chi connectivity index (χ3v) is 2.72. The lowest BCUT2D eigenvalue weighted by atomic mass is 10.0. The molecule has 18 heavy (non-hydrogen) atoms. The van der Waals surface area contributed by atoms with Crippen LogP contribution in [-0.4, -0.2) is 17.5 Å². The molecule has 0 heterocycles. The SMILES string of the molecule is CC(C)C(CN)Nc1cc(C#N)ccc1[N+](=O)[O-]. The summed E-state index contributed by atoms with van der Waals surface area (Å²) in [6.45, 7) is 4.32. The number of anilines is 1. The molecule has 0 saturated heterocycles. The molecule has 6 heteroatoms. The second kappa shape index (κ2) is 5.98. The minimum atomic E-state index is -0.475. The van der Waals surface area contributed by atoms with Gasteiger partial charge >= 0.3 is 0 Å². The van der Waals surface area contributed by atoms with Crippen molar-refractivity contribution in [3.8, 4) is 6.07 Å². The maximum atomic E-state index is 10.9. The molecule has 1 unspecified atom stereocenters. The fourth-order valence-corrected chi connectivity index (χ4v) is 1.58. The highest BCUT2D eigenvalue weighted by Crippen LogP contribution is 2.26. The molecule has 0 radical (unpaired) electrons. The first-order valence-electron chi connectivity index (χ1n) is 5.64. The van der Waals surface area contributed by atoms with Crippen molar-refractivity contribution in [2.75, 3.05) is 11.9 Å². The fourth-order valence-electron chi connectivity index (χ4n) is 1.58. The van der Waals surface area contributed by atoms with Crippen molar-refractivity contribution in [1.82, 2.24) is 0 Å². The number of benzene rings is 1. The Bertz CT molecular complexity index is 479. The van der Waals surface area contributed by atoms with Gasteiger partial charge in [-0.15, -0.1) is 0 Å². The molecule has 0 fully saturated rings. The Hall–Kier alpha value is -2.13. The van der Waals surface area contributed by atoms with Gasteiger partial charge in [-0.05, 0) is 18.1 Å². The van der Waals surface area contributed by atoms with Crippen LogP contribution in [0.3, 0.4) is 0 Å². The van der Waals surface area contributed by atoms with E-state index in [1.54, 1.807) is 0 Å². The van der Waals surface area contributed by atoms with Crippen LogP contribution < -0.4 is 11.1 Å². The van der Waals surface area contributed by atoms with Gasteiger partial charge in [-0.25, -0.2) is 0 Å². The predicted octanol–water partition coefficient (Wildman–Crippen LogP) is 1.86. The Labute approximate surface area is 106 Å². The normalized spacial score (nSPS) is 11.9. The molecule has 3 N–H and O–H groups in total. The molecule has 0 aliphatic rings. The van der Waals surface area contributed by atoms with Gasteiger partial charge in [0.05, 0.1) is 16.6 Å². The van der Waals surface area contributed by atoms with E-state index in [9.17, 15) is 10.1 Å². The van der Waals surface area contributed by atoms with Gasteiger partial charge in [0.15, 0.2) is 0 Å². The minimum absolute atomic E-state index is 0.0481. The molecule has 0 aliphatic heterocycles. The molecule has 0 bridgehead atoms. The van der Waals surface area contributed by atoms with Crippen molar-refractivity contribution in [2.45, 2.75) is 19.9 Å². The van der Waals surface area contributed by atoms with Gasteiger partial charge in [-0.1, -0.05) is 13.8 Å². The number of nitrogens with one attached hydrogen (secondary N) is 1. The van der Waals surface area contributed by atoms with E-state index >= 15 is 0 Å². The van der Waals surface area contributed by atoms with Crippen molar-refractivity contribution in [3.63, 3.8) is 0 Å². The topological polar surface area (TPSA) is 105 Å². The maximum absolute atomic E-state index is 10.9. The van der Waals surface area contributed by atoms with Crippen molar-refractivity contribution < 1.29 is 4.92 Å². The van der Waals surface area contributed by atoms with Gasteiger partial charge in [-0.3, -0.25) is 10.1 Å². The van der Waals surface area contributed by atoms with Crippen LogP contribution in [0.15, 0.2) is 18.2 Å². The van der Waals surface area contributed by atoms with Gasteiger partial charge in [-0.2, -0.15) is 5.26 Å². The first kappa shape index (κ1) is 13.9. The molecule has 1 atom stereocenters. The van der Waals surface area contributed by atoms with Crippen molar-refractivity contribution >= 4 is 11.4 Å². The van der Waals surface area contributed by atoms with Gasteiger partial charge in [0.25, 0.3) is 5.69 Å². The lowest BCUT2D eigenvalue weighted by molar-refractivity contribution is -0.384. The molecule has 6 nitrogen and oxygen atoms in total. The zero-order valence-corrected chi connectivity index (χ0v) is 10.4. The zero-order valence-electron chi connectivity index (χ0n) is 10.4. The molecule has 1 aromatic rings. The van der Waals surface area contributed by atoms with Crippen LogP contribution in [0.5, 0.6) is 0 Å². The first-order valence-corrected chi connectivity index (χ1v) is 5.64.